The van der Waals surface area contributed by atoms with E-state index in [2.05, 4.69) is 20.8 Å². The molecule has 0 amide bonds. The molecule has 0 atom stereocenters. The summed E-state index contributed by atoms with van der Waals surface area (Å²) in [4.78, 5) is 11.4. The summed E-state index contributed by atoms with van der Waals surface area (Å²) >= 11 is 0. The highest BCUT2D eigenvalue weighted by atomic mass is 16.7. The molecule has 106 valence electrons. The molecule has 18 heavy (non-hydrogen) atoms. The molecule has 1 saturated carbocycles. The van der Waals surface area contributed by atoms with Gasteiger partial charge in [-0.05, 0) is 50.9 Å². The van der Waals surface area contributed by atoms with Crippen LogP contribution in [-0.4, -0.2) is 18.4 Å². The molecule has 0 aromatic heterocycles. The maximum Gasteiger partial charge on any atom is 0.508 e. The molecule has 3 heteroatoms. The van der Waals surface area contributed by atoms with Gasteiger partial charge in [-0.3, -0.25) is 0 Å². The van der Waals surface area contributed by atoms with E-state index in [1.54, 1.807) is 0 Å². The monoisotopic (exact) mass is 256 g/mol. The zero-order chi connectivity index (χ0) is 13.8. The average Bonchev–Trinajstić information content (AvgIpc) is 2.28. The van der Waals surface area contributed by atoms with Gasteiger partial charge in [-0.15, -0.1) is 0 Å². The summed E-state index contributed by atoms with van der Waals surface area (Å²) in [5, 5.41) is 0. The Hall–Kier alpha value is -0.730. The van der Waals surface area contributed by atoms with Crippen LogP contribution >= 0.6 is 0 Å². The van der Waals surface area contributed by atoms with Gasteiger partial charge < -0.3 is 9.47 Å². The molecule has 0 N–H and O–H groups in total. The van der Waals surface area contributed by atoms with Gasteiger partial charge in [0.25, 0.3) is 0 Å². The van der Waals surface area contributed by atoms with E-state index in [4.69, 9.17) is 9.47 Å². The second kappa shape index (κ2) is 6.44. The van der Waals surface area contributed by atoms with Gasteiger partial charge in [0.2, 0.25) is 0 Å². The molecule has 0 heterocycles. The Bertz CT molecular complexity index is 263. The van der Waals surface area contributed by atoms with Gasteiger partial charge in [-0.2, -0.15) is 0 Å². The van der Waals surface area contributed by atoms with E-state index in [1.807, 2.05) is 13.8 Å². The lowest BCUT2D eigenvalue weighted by molar-refractivity contribution is -0.0155. The maximum absolute atomic E-state index is 11.4. The van der Waals surface area contributed by atoms with Gasteiger partial charge in [0.15, 0.2) is 0 Å². The third-order valence-corrected chi connectivity index (χ3v) is 4.29. The van der Waals surface area contributed by atoms with Crippen molar-refractivity contribution >= 4 is 6.16 Å². The minimum Gasteiger partial charge on any atom is -0.432 e. The lowest BCUT2D eigenvalue weighted by Gasteiger charge is -2.38. The van der Waals surface area contributed by atoms with Crippen molar-refractivity contribution in [2.45, 2.75) is 78.9 Å². The standard InChI is InChI=1S/C15H28O3/c1-6-15(4,5)12-7-9-13(10-8-12)18-14(16)17-11(2)3/h11-13H,6-10H2,1-5H3. The number of ether oxygens (including phenoxy) is 2. The van der Waals surface area contributed by atoms with Crippen molar-refractivity contribution in [1.82, 2.24) is 0 Å². The Morgan fingerprint density at radius 2 is 1.78 bits per heavy atom. The summed E-state index contributed by atoms with van der Waals surface area (Å²) in [5.41, 5.74) is 0.406. The molecule has 1 fully saturated rings. The highest BCUT2D eigenvalue weighted by Crippen LogP contribution is 2.41. The van der Waals surface area contributed by atoms with E-state index >= 15 is 0 Å². The van der Waals surface area contributed by atoms with Crippen molar-refractivity contribution < 1.29 is 14.3 Å². The number of carbonyl (C=O) groups is 1. The summed E-state index contributed by atoms with van der Waals surface area (Å²) in [5.74, 6) is 0.753. The molecule has 0 aromatic rings. The maximum atomic E-state index is 11.4. The molecule has 0 radical (unpaired) electrons. The first-order valence-corrected chi connectivity index (χ1v) is 7.22. The quantitative estimate of drug-likeness (QED) is 0.692. The summed E-state index contributed by atoms with van der Waals surface area (Å²) in [6, 6.07) is 0. The molecule has 0 saturated heterocycles. The second-order valence-corrected chi connectivity index (χ2v) is 6.35. The van der Waals surface area contributed by atoms with Crippen molar-refractivity contribution in [2.24, 2.45) is 11.3 Å². The van der Waals surface area contributed by atoms with Crippen LogP contribution in [0.3, 0.4) is 0 Å². The summed E-state index contributed by atoms with van der Waals surface area (Å²) in [6.07, 6.45) is 4.90. The number of hydrogen-bond acceptors (Lipinski definition) is 3. The summed E-state index contributed by atoms with van der Waals surface area (Å²) < 4.78 is 10.3. The van der Waals surface area contributed by atoms with Gasteiger partial charge in [-0.25, -0.2) is 4.79 Å². The molecule has 1 rings (SSSR count). The zero-order valence-corrected chi connectivity index (χ0v) is 12.5. The molecule has 0 aromatic carbocycles. The molecule has 0 unspecified atom stereocenters. The second-order valence-electron chi connectivity index (χ2n) is 6.35. The van der Waals surface area contributed by atoms with Crippen molar-refractivity contribution in [2.75, 3.05) is 0 Å². The van der Waals surface area contributed by atoms with Crippen LogP contribution in [0.4, 0.5) is 4.79 Å². The van der Waals surface area contributed by atoms with Crippen molar-refractivity contribution in [3.63, 3.8) is 0 Å². The van der Waals surface area contributed by atoms with Crippen LogP contribution in [0.1, 0.15) is 66.7 Å². The molecule has 1 aliphatic rings. The Labute approximate surface area is 111 Å². The van der Waals surface area contributed by atoms with Gasteiger partial charge >= 0.3 is 6.16 Å². The van der Waals surface area contributed by atoms with Gasteiger partial charge in [0.05, 0.1) is 6.10 Å². The van der Waals surface area contributed by atoms with Crippen LogP contribution in [0, 0.1) is 11.3 Å². The predicted octanol–water partition coefficient (Wildman–Crippen LogP) is 4.54. The van der Waals surface area contributed by atoms with Crippen LogP contribution < -0.4 is 0 Å². The largest absolute Gasteiger partial charge is 0.508 e. The normalized spacial score (nSPS) is 25.0. The van der Waals surface area contributed by atoms with Gasteiger partial charge in [-0.1, -0.05) is 27.2 Å². The Balaban J connectivity index is 2.34. The van der Waals surface area contributed by atoms with Crippen LogP contribution in [0.25, 0.3) is 0 Å². The third-order valence-electron chi connectivity index (χ3n) is 4.29. The fraction of sp³-hybridized carbons (Fsp3) is 0.933. The topological polar surface area (TPSA) is 35.5 Å². The van der Waals surface area contributed by atoms with E-state index < -0.39 is 6.16 Å². The van der Waals surface area contributed by atoms with E-state index in [9.17, 15) is 4.79 Å². The SMILES string of the molecule is CCC(C)(C)C1CCC(OC(=O)OC(C)C)CC1. The molecule has 1 aliphatic carbocycles. The highest BCUT2D eigenvalue weighted by molar-refractivity contribution is 5.60. The van der Waals surface area contributed by atoms with Crippen LogP contribution in [0.15, 0.2) is 0 Å². The van der Waals surface area contributed by atoms with E-state index in [-0.39, 0.29) is 12.2 Å². The first-order valence-electron chi connectivity index (χ1n) is 7.22. The lowest BCUT2D eigenvalue weighted by Crippen LogP contribution is -2.32. The summed E-state index contributed by atoms with van der Waals surface area (Å²) in [7, 11) is 0. The zero-order valence-electron chi connectivity index (χ0n) is 12.5. The predicted molar refractivity (Wildman–Crippen MR) is 72.5 cm³/mol. The van der Waals surface area contributed by atoms with Crippen molar-refractivity contribution in [1.29, 1.82) is 0 Å². The first kappa shape index (κ1) is 15.3. The van der Waals surface area contributed by atoms with E-state index in [1.165, 1.54) is 6.42 Å². The molecule has 3 nitrogen and oxygen atoms in total. The van der Waals surface area contributed by atoms with Crippen molar-refractivity contribution in [3.05, 3.63) is 0 Å². The minimum absolute atomic E-state index is 0.0557. The van der Waals surface area contributed by atoms with Crippen LogP contribution in [-0.2, 0) is 9.47 Å². The lowest BCUT2D eigenvalue weighted by atomic mass is 9.69. The molecule has 0 spiro atoms. The number of hydrogen-bond donors (Lipinski definition) is 0. The fourth-order valence-corrected chi connectivity index (χ4v) is 2.61. The smallest absolute Gasteiger partial charge is 0.432 e. The Kier molecular flexibility index (Phi) is 5.48. The Morgan fingerprint density at radius 1 is 1.22 bits per heavy atom. The van der Waals surface area contributed by atoms with E-state index in [0.29, 0.717) is 5.41 Å². The molecular formula is C15H28O3. The van der Waals surface area contributed by atoms with Crippen LogP contribution in [0.5, 0.6) is 0 Å². The minimum atomic E-state index is -0.511. The van der Waals surface area contributed by atoms with Gasteiger partial charge in [0.1, 0.15) is 6.10 Å². The number of rotatable bonds is 4. The van der Waals surface area contributed by atoms with E-state index in [0.717, 1.165) is 31.6 Å². The fourth-order valence-electron chi connectivity index (χ4n) is 2.61. The van der Waals surface area contributed by atoms with Gasteiger partial charge in [0, 0.05) is 0 Å². The average molecular weight is 256 g/mol. The molecular weight excluding hydrogens is 228 g/mol. The number of carbonyl (C=O) groups excluding carboxylic acids is 1. The third kappa shape index (κ3) is 4.51. The van der Waals surface area contributed by atoms with Crippen LogP contribution in [0.2, 0.25) is 0 Å². The Morgan fingerprint density at radius 3 is 2.22 bits per heavy atom. The first-order chi connectivity index (χ1) is 8.35. The summed E-state index contributed by atoms with van der Waals surface area (Å²) in [6.45, 7) is 10.6. The molecule has 0 aliphatic heterocycles. The molecule has 0 bridgehead atoms. The highest BCUT2D eigenvalue weighted by Gasteiger charge is 2.33. The van der Waals surface area contributed by atoms with Crippen molar-refractivity contribution in [3.8, 4) is 0 Å².